The number of aromatic nitrogens is 2. The molecule has 1 aliphatic heterocycles. The summed E-state index contributed by atoms with van der Waals surface area (Å²) in [6.45, 7) is 5.12. The monoisotopic (exact) mass is 327 g/mol. The molecule has 5 heteroatoms. The van der Waals surface area contributed by atoms with Gasteiger partial charge >= 0.3 is 5.97 Å². The highest BCUT2D eigenvalue weighted by Gasteiger charge is 2.22. The van der Waals surface area contributed by atoms with Gasteiger partial charge in [0, 0.05) is 19.8 Å². The van der Waals surface area contributed by atoms with Gasteiger partial charge in [0.15, 0.2) is 0 Å². The van der Waals surface area contributed by atoms with Crippen LogP contribution in [0.25, 0.3) is 0 Å². The lowest BCUT2D eigenvalue weighted by molar-refractivity contribution is 0.0695. The summed E-state index contributed by atoms with van der Waals surface area (Å²) in [6.07, 6.45) is 5.14. The molecule has 128 valence electrons. The molecule has 1 aromatic heterocycles. The van der Waals surface area contributed by atoms with Gasteiger partial charge in [-0.25, -0.2) is 4.79 Å². The summed E-state index contributed by atoms with van der Waals surface area (Å²) in [5, 5.41) is 13.8. The summed E-state index contributed by atoms with van der Waals surface area (Å²) in [7, 11) is 1.96. The Morgan fingerprint density at radius 1 is 1.29 bits per heavy atom. The summed E-state index contributed by atoms with van der Waals surface area (Å²) in [5.74, 6) is -0.264. The van der Waals surface area contributed by atoms with Crippen LogP contribution in [0.15, 0.2) is 30.5 Å². The summed E-state index contributed by atoms with van der Waals surface area (Å²) in [6, 6.07) is 7.38. The fourth-order valence-corrected chi connectivity index (χ4v) is 3.59. The van der Waals surface area contributed by atoms with E-state index in [2.05, 4.69) is 23.1 Å². The van der Waals surface area contributed by atoms with Gasteiger partial charge < -0.3 is 5.11 Å². The summed E-state index contributed by atoms with van der Waals surface area (Å²) < 4.78 is 1.88. The first-order chi connectivity index (χ1) is 11.5. The maximum atomic E-state index is 11.3. The van der Waals surface area contributed by atoms with Gasteiger partial charge in [-0.05, 0) is 62.4 Å². The Balaban J connectivity index is 1.56. The zero-order valence-corrected chi connectivity index (χ0v) is 14.4. The predicted molar refractivity (Wildman–Crippen MR) is 93.1 cm³/mol. The molecule has 24 heavy (non-hydrogen) atoms. The van der Waals surface area contributed by atoms with Crippen molar-refractivity contribution in [2.45, 2.75) is 32.7 Å². The Morgan fingerprint density at radius 2 is 2.00 bits per heavy atom. The van der Waals surface area contributed by atoms with Crippen LogP contribution in [-0.2, 0) is 20.0 Å². The lowest BCUT2D eigenvalue weighted by Crippen LogP contribution is -2.34. The molecule has 0 amide bonds. The van der Waals surface area contributed by atoms with Gasteiger partial charge in [0.25, 0.3) is 0 Å². The van der Waals surface area contributed by atoms with E-state index in [-0.39, 0.29) is 0 Å². The van der Waals surface area contributed by atoms with E-state index in [1.54, 1.807) is 12.1 Å². The molecule has 0 aliphatic carbocycles. The third-order valence-electron chi connectivity index (χ3n) is 4.95. The van der Waals surface area contributed by atoms with Crippen LogP contribution in [0.3, 0.4) is 0 Å². The molecule has 3 rings (SSSR count). The third-order valence-corrected chi connectivity index (χ3v) is 4.95. The SMILES string of the molecule is Cc1cn(C)nc1CN1CCC(Cc2ccccc2C(=O)O)CC1. The average molecular weight is 327 g/mol. The van der Waals surface area contributed by atoms with Crippen molar-refractivity contribution in [2.24, 2.45) is 13.0 Å². The lowest BCUT2D eigenvalue weighted by Gasteiger charge is -2.31. The van der Waals surface area contributed by atoms with Crippen LogP contribution >= 0.6 is 0 Å². The van der Waals surface area contributed by atoms with E-state index in [0.29, 0.717) is 11.5 Å². The van der Waals surface area contributed by atoms with E-state index < -0.39 is 5.97 Å². The number of carboxylic acids is 1. The van der Waals surface area contributed by atoms with E-state index in [9.17, 15) is 9.90 Å². The second-order valence-corrected chi connectivity index (χ2v) is 6.82. The van der Waals surface area contributed by atoms with Crippen LogP contribution in [0.2, 0.25) is 0 Å². The molecule has 0 radical (unpaired) electrons. The second kappa shape index (κ2) is 7.18. The number of piperidine rings is 1. The Morgan fingerprint density at radius 3 is 2.62 bits per heavy atom. The van der Waals surface area contributed by atoms with Crippen LogP contribution < -0.4 is 0 Å². The highest BCUT2D eigenvalue weighted by Crippen LogP contribution is 2.24. The number of hydrogen-bond donors (Lipinski definition) is 1. The number of hydrogen-bond acceptors (Lipinski definition) is 3. The fraction of sp³-hybridized carbons (Fsp3) is 0.474. The molecule has 0 spiro atoms. The quantitative estimate of drug-likeness (QED) is 0.917. The molecule has 0 atom stereocenters. The fourth-order valence-electron chi connectivity index (χ4n) is 3.59. The Bertz CT molecular complexity index is 715. The van der Waals surface area contributed by atoms with Crippen LogP contribution in [0, 0.1) is 12.8 Å². The van der Waals surface area contributed by atoms with Crippen molar-refractivity contribution in [3.8, 4) is 0 Å². The zero-order chi connectivity index (χ0) is 17.1. The number of likely N-dealkylation sites (tertiary alicyclic amines) is 1. The molecule has 1 aromatic carbocycles. The van der Waals surface area contributed by atoms with Gasteiger partial charge in [0.1, 0.15) is 0 Å². The zero-order valence-electron chi connectivity index (χ0n) is 14.4. The van der Waals surface area contributed by atoms with E-state index in [1.807, 2.05) is 23.9 Å². The number of aromatic carboxylic acids is 1. The molecular formula is C19H25N3O2. The molecule has 0 bridgehead atoms. The first-order valence-electron chi connectivity index (χ1n) is 8.55. The Hall–Kier alpha value is -2.14. The summed E-state index contributed by atoms with van der Waals surface area (Å²) >= 11 is 0. The molecule has 1 aliphatic rings. The van der Waals surface area contributed by atoms with Gasteiger partial charge in [-0.3, -0.25) is 9.58 Å². The molecule has 1 saturated heterocycles. The van der Waals surface area contributed by atoms with Crippen molar-refractivity contribution in [3.63, 3.8) is 0 Å². The van der Waals surface area contributed by atoms with Gasteiger partial charge in [0.05, 0.1) is 11.3 Å². The number of carboxylic acid groups (broad SMARTS) is 1. The first-order valence-corrected chi connectivity index (χ1v) is 8.55. The van der Waals surface area contributed by atoms with Gasteiger partial charge in [0.2, 0.25) is 0 Å². The topological polar surface area (TPSA) is 58.4 Å². The van der Waals surface area contributed by atoms with E-state index in [4.69, 9.17) is 0 Å². The van der Waals surface area contributed by atoms with E-state index in [0.717, 1.165) is 50.2 Å². The van der Waals surface area contributed by atoms with Crippen LogP contribution in [0.5, 0.6) is 0 Å². The van der Waals surface area contributed by atoms with Crippen molar-refractivity contribution in [2.75, 3.05) is 13.1 Å². The van der Waals surface area contributed by atoms with E-state index in [1.165, 1.54) is 5.56 Å². The average Bonchev–Trinajstić information content (AvgIpc) is 2.87. The van der Waals surface area contributed by atoms with Crippen LogP contribution in [-0.4, -0.2) is 38.8 Å². The largest absolute Gasteiger partial charge is 0.478 e. The van der Waals surface area contributed by atoms with Gasteiger partial charge in [-0.2, -0.15) is 5.10 Å². The molecule has 0 saturated carbocycles. The molecular weight excluding hydrogens is 302 g/mol. The highest BCUT2D eigenvalue weighted by atomic mass is 16.4. The van der Waals surface area contributed by atoms with E-state index >= 15 is 0 Å². The Kier molecular flexibility index (Phi) is 5.00. The van der Waals surface area contributed by atoms with Crippen LogP contribution in [0.1, 0.15) is 40.0 Å². The number of rotatable bonds is 5. The molecule has 2 aromatic rings. The number of benzene rings is 1. The normalized spacial score (nSPS) is 16.4. The van der Waals surface area contributed by atoms with Crippen LogP contribution in [0.4, 0.5) is 0 Å². The molecule has 2 heterocycles. The maximum absolute atomic E-state index is 11.3. The smallest absolute Gasteiger partial charge is 0.335 e. The van der Waals surface area contributed by atoms with Crippen molar-refractivity contribution >= 4 is 5.97 Å². The van der Waals surface area contributed by atoms with Gasteiger partial charge in [-0.1, -0.05) is 18.2 Å². The van der Waals surface area contributed by atoms with Crippen molar-refractivity contribution in [3.05, 3.63) is 52.8 Å². The van der Waals surface area contributed by atoms with Crippen molar-refractivity contribution in [1.29, 1.82) is 0 Å². The molecule has 1 fully saturated rings. The first kappa shape index (κ1) is 16.7. The summed E-state index contributed by atoms with van der Waals surface area (Å²) in [4.78, 5) is 13.8. The van der Waals surface area contributed by atoms with Gasteiger partial charge in [-0.15, -0.1) is 0 Å². The number of aryl methyl sites for hydroxylation is 2. The minimum Gasteiger partial charge on any atom is -0.478 e. The minimum absolute atomic E-state index is 0.448. The Labute approximate surface area is 142 Å². The molecule has 5 nitrogen and oxygen atoms in total. The predicted octanol–water partition coefficient (Wildman–Crippen LogP) is 2.88. The second-order valence-electron chi connectivity index (χ2n) is 6.82. The number of nitrogens with zero attached hydrogens (tertiary/aromatic N) is 3. The highest BCUT2D eigenvalue weighted by molar-refractivity contribution is 5.89. The third kappa shape index (κ3) is 3.85. The molecule has 0 unspecified atom stereocenters. The van der Waals surface area contributed by atoms with Crippen molar-refractivity contribution < 1.29 is 9.90 Å². The lowest BCUT2D eigenvalue weighted by atomic mass is 9.88. The minimum atomic E-state index is -0.825. The number of carbonyl (C=O) groups is 1. The summed E-state index contributed by atoms with van der Waals surface area (Å²) in [5.41, 5.74) is 3.82. The standard InChI is InChI=1S/C19H25N3O2/c1-14-12-21(2)20-18(14)13-22-9-7-15(8-10-22)11-16-5-3-4-6-17(16)19(23)24/h3-6,12,15H,7-11,13H2,1-2H3,(H,23,24). The maximum Gasteiger partial charge on any atom is 0.335 e. The molecule has 1 N–H and O–H groups in total. The van der Waals surface area contributed by atoms with Crippen molar-refractivity contribution in [1.82, 2.24) is 14.7 Å².